The first kappa shape index (κ1) is 6.88. The van der Waals surface area contributed by atoms with Gasteiger partial charge in [-0.15, -0.1) is 0 Å². The molecule has 0 saturated carbocycles. The van der Waals surface area contributed by atoms with Crippen LogP contribution in [0.1, 0.15) is 23.8 Å². The van der Waals surface area contributed by atoms with E-state index < -0.39 is 0 Å². The van der Waals surface area contributed by atoms with Gasteiger partial charge in [-0.1, -0.05) is 0 Å². The van der Waals surface area contributed by atoms with E-state index in [0.717, 1.165) is 30.8 Å². The molecule has 3 nitrogen and oxygen atoms in total. The predicted molar refractivity (Wildman–Crippen MR) is 40.0 cm³/mol. The number of furan rings is 1. The SMILES string of the molecule is OC1CCNCc2occc21. The zero-order valence-electron chi connectivity index (χ0n) is 6.21. The maximum absolute atomic E-state index is 9.53. The zero-order chi connectivity index (χ0) is 7.68. The fourth-order valence-corrected chi connectivity index (χ4v) is 1.39. The molecule has 2 heterocycles. The topological polar surface area (TPSA) is 45.4 Å². The predicted octanol–water partition coefficient (Wildman–Crippen LogP) is 0.806. The van der Waals surface area contributed by atoms with Gasteiger partial charge in [-0.3, -0.25) is 0 Å². The monoisotopic (exact) mass is 153 g/mol. The highest BCUT2D eigenvalue weighted by Crippen LogP contribution is 2.23. The summed E-state index contributed by atoms with van der Waals surface area (Å²) in [5.74, 6) is 0.870. The Morgan fingerprint density at radius 2 is 2.55 bits per heavy atom. The second kappa shape index (κ2) is 2.68. The van der Waals surface area contributed by atoms with Gasteiger partial charge in [-0.05, 0) is 19.0 Å². The van der Waals surface area contributed by atoms with E-state index in [1.807, 2.05) is 6.07 Å². The van der Waals surface area contributed by atoms with Crippen molar-refractivity contribution in [2.75, 3.05) is 6.54 Å². The molecule has 3 heteroatoms. The van der Waals surface area contributed by atoms with Crippen LogP contribution in [0.5, 0.6) is 0 Å². The number of hydrogen-bond acceptors (Lipinski definition) is 3. The Morgan fingerprint density at radius 3 is 3.45 bits per heavy atom. The van der Waals surface area contributed by atoms with E-state index in [2.05, 4.69) is 5.32 Å². The van der Waals surface area contributed by atoms with Crippen LogP contribution in [0, 0.1) is 0 Å². The number of nitrogens with one attached hydrogen (secondary N) is 1. The standard InChI is InChI=1S/C8H11NO2/c10-7-1-3-9-5-8-6(7)2-4-11-8/h2,4,7,9-10H,1,3,5H2. The van der Waals surface area contributed by atoms with Crippen LogP contribution in [0.15, 0.2) is 16.7 Å². The summed E-state index contributed by atoms with van der Waals surface area (Å²) in [5, 5.41) is 12.7. The normalized spacial score (nSPS) is 24.3. The van der Waals surface area contributed by atoms with E-state index in [1.54, 1.807) is 6.26 Å². The van der Waals surface area contributed by atoms with Crippen LogP contribution >= 0.6 is 0 Å². The summed E-state index contributed by atoms with van der Waals surface area (Å²) in [6.07, 6.45) is 2.05. The summed E-state index contributed by atoms with van der Waals surface area (Å²) in [6, 6.07) is 1.84. The highest BCUT2D eigenvalue weighted by Gasteiger charge is 2.17. The third-order valence-corrected chi connectivity index (χ3v) is 2.02. The van der Waals surface area contributed by atoms with Gasteiger partial charge >= 0.3 is 0 Å². The second-order valence-corrected chi connectivity index (χ2v) is 2.78. The molecule has 1 aromatic rings. The average molecular weight is 153 g/mol. The van der Waals surface area contributed by atoms with Crippen molar-refractivity contribution in [2.45, 2.75) is 19.1 Å². The third-order valence-electron chi connectivity index (χ3n) is 2.02. The molecule has 2 rings (SSSR count). The molecule has 1 unspecified atom stereocenters. The van der Waals surface area contributed by atoms with Gasteiger partial charge in [-0.2, -0.15) is 0 Å². The summed E-state index contributed by atoms with van der Waals surface area (Å²) in [4.78, 5) is 0. The van der Waals surface area contributed by atoms with Crippen molar-refractivity contribution in [1.82, 2.24) is 5.32 Å². The lowest BCUT2D eigenvalue weighted by molar-refractivity contribution is 0.169. The van der Waals surface area contributed by atoms with Gasteiger partial charge in [-0.25, -0.2) is 0 Å². The Hall–Kier alpha value is -0.800. The summed E-state index contributed by atoms with van der Waals surface area (Å²) in [7, 11) is 0. The summed E-state index contributed by atoms with van der Waals surface area (Å²) in [6.45, 7) is 1.59. The molecule has 0 spiro atoms. The highest BCUT2D eigenvalue weighted by molar-refractivity contribution is 5.20. The van der Waals surface area contributed by atoms with Crippen molar-refractivity contribution in [3.05, 3.63) is 23.7 Å². The van der Waals surface area contributed by atoms with Crippen LogP contribution < -0.4 is 5.32 Å². The molecular weight excluding hydrogens is 142 g/mol. The number of aliphatic hydroxyl groups excluding tert-OH is 1. The van der Waals surface area contributed by atoms with Crippen LogP contribution in [0.3, 0.4) is 0 Å². The van der Waals surface area contributed by atoms with Crippen LogP contribution in [0.25, 0.3) is 0 Å². The first-order valence-corrected chi connectivity index (χ1v) is 3.83. The maximum Gasteiger partial charge on any atom is 0.123 e. The van der Waals surface area contributed by atoms with E-state index in [1.165, 1.54) is 0 Å². The molecule has 2 N–H and O–H groups in total. The van der Waals surface area contributed by atoms with E-state index in [9.17, 15) is 5.11 Å². The van der Waals surface area contributed by atoms with Gasteiger partial charge < -0.3 is 14.8 Å². The molecule has 0 amide bonds. The van der Waals surface area contributed by atoms with Gasteiger partial charge in [0.05, 0.1) is 18.9 Å². The number of fused-ring (bicyclic) bond motifs is 1. The molecule has 11 heavy (non-hydrogen) atoms. The van der Waals surface area contributed by atoms with Gasteiger partial charge in [0.2, 0.25) is 0 Å². The molecule has 0 aromatic carbocycles. The Kier molecular flexibility index (Phi) is 1.68. The lowest BCUT2D eigenvalue weighted by atomic mass is 10.1. The molecule has 60 valence electrons. The minimum absolute atomic E-state index is 0.348. The summed E-state index contributed by atoms with van der Waals surface area (Å²) < 4.78 is 5.18. The minimum atomic E-state index is -0.348. The highest BCUT2D eigenvalue weighted by atomic mass is 16.3. The fraction of sp³-hybridized carbons (Fsp3) is 0.500. The number of rotatable bonds is 0. The largest absolute Gasteiger partial charge is 0.468 e. The first-order chi connectivity index (χ1) is 5.38. The van der Waals surface area contributed by atoms with E-state index in [4.69, 9.17) is 4.42 Å². The van der Waals surface area contributed by atoms with E-state index in [0.29, 0.717) is 0 Å². The van der Waals surface area contributed by atoms with Crippen molar-refractivity contribution in [3.8, 4) is 0 Å². The number of aliphatic hydroxyl groups is 1. The Labute approximate surface area is 65.0 Å². The smallest absolute Gasteiger partial charge is 0.123 e. The van der Waals surface area contributed by atoms with E-state index >= 15 is 0 Å². The Bertz CT molecular complexity index is 244. The lowest BCUT2D eigenvalue weighted by Gasteiger charge is -2.03. The summed E-state index contributed by atoms with van der Waals surface area (Å²) >= 11 is 0. The number of hydrogen-bond donors (Lipinski definition) is 2. The Morgan fingerprint density at radius 1 is 1.64 bits per heavy atom. The van der Waals surface area contributed by atoms with Gasteiger partial charge in [0.1, 0.15) is 5.76 Å². The van der Waals surface area contributed by atoms with Crippen LogP contribution in [-0.2, 0) is 6.54 Å². The molecule has 1 atom stereocenters. The first-order valence-electron chi connectivity index (χ1n) is 3.83. The maximum atomic E-state index is 9.53. The van der Waals surface area contributed by atoms with Crippen molar-refractivity contribution in [3.63, 3.8) is 0 Å². The Balaban J connectivity index is 2.34. The molecule has 0 bridgehead atoms. The van der Waals surface area contributed by atoms with E-state index in [-0.39, 0.29) is 6.10 Å². The van der Waals surface area contributed by atoms with Crippen molar-refractivity contribution >= 4 is 0 Å². The molecule has 0 radical (unpaired) electrons. The summed E-state index contributed by atoms with van der Waals surface area (Å²) in [5.41, 5.74) is 0.940. The van der Waals surface area contributed by atoms with Crippen LogP contribution in [-0.4, -0.2) is 11.7 Å². The molecule has 0 aliphatic carbocycles. The molecule has 1 aliphatic heterocycles. The molecule has 1 aromatic heterocycles. The average Bonchev–Trinajstić information content (AvgIpc) is 2.40. The molecule has 0 saturated heterocycles. The fourth-order valence-electron chi connectivity index (χ4n) is 1.39. The van der Waals surface area contributed by atoms with Gasteiger partial charge in [0, 0.05) is 5.56 Å². The van der Waals surface area contributed by atoms with Crippen molar-refractivity contribution in [1.29, 1.82) is 0 Å². The van der Waals surface area contributed by atoms with Gasteiger partial charge in [0.15, 0.2) is 0 Å². The second-order valence-electron chi connectivity index (χ2n) is 2.78. The molecule has 0 fully saturated rings. The zero-order valence-corrected chi connectivity index (χ0v) is 6.21. The third kappa shape index (κ3) is 1.17. The minimum Gasteiger partial charge on any atom is -0.468 e. The lowest BCUT2D eigenvalue weighted by Crippen LogP contribution is -2.12. The van der Waals surface area contributed by atoms with Crippen LogP contribution in [0.4, 0.5) is 0 Å². The van der Waals surface area contributed by atoms with Crippen molar-refractivity contribution in [2.24, 2.45) is 0 Å². The molecular formula is C8H11NO2. The van der Waals surface area contributed by atoms with Crippen molar-refractivity contribution < 1.29 is 9.52 Å². The van der Waals surface area contributed by atoms with Gasteiger partial charge in [0.25, 0.3) is 0 Å². The quantitative estimate of drug-likeness (QED) is 0.579. The molecule has 1 aliphatic rings. The van der Waals surface area contributed by atoms with Crippen LogP contribution in [0.2, 0.25) is 0 Å².